The van der Waals surface area contributed by atoms with Gasteiger partial charge in [0, 0.05) is 12.1 Å². The van der Waals surface area contributed by atoms with Crippen molar-refractivity contribution >= 4 is 0 Å². The first-order chi connectivity index (χ1) is 9.08. The number of aryl methyl sites for hydroxylation is 2. The molecule has 0 saturated carbocycles. The Hall–Kier alpha value is -0.820. The van der Waals surface area contributed by atoms with Gasteiger partial charge >= 0.3 is 0 Å². The Labute approximate surface area is 119 Å². The van der Waals surface area contributed by atoms with Gasteiger partial charge in [0.15, 0.2) is 0 Å². The zero-order chi connectivity index (χ0) is 14.3. The van der Waals surface area contributed by atoms with Crippen molar-refractivity contribution in [1.29, 1.82) is 0 Å². The maximum absolute atomic E-state index is 3.84. The number of hydrogen-bond donors (Lipinski definition) is 1. The van der Waals surface area contributed by atoms with Crippen LogP contribution in [0.2, 0.25) is 0 Å². The number of hydrogen-bond acceptors (Lipinski definition) is 1. The fourth-order valence-electron chi connectivity index (χ4n) is 2.78. The van der Waals surface area contributed by atoms with E-state index in [1.165, 1.54) is 48.8 Å². The highest BCUT2D eigenvalue weighted by molar-refractivity contribution is 5.32. The molecule has 0 aliphatic carbocycles. The van der Waals surface area contributed by atoms with Crippen molar-refractivity contribution in [1.82, 2.24) is 5.32 Å². The Morgan fingerprint density at radius 3 is 2.42 bits per heavy atom. The third-order valence-electron chi connectivity index (χ3n) is 3.93. The molecule has 2 atom stereocenters. The van der Waals surface area contributed by atoms with E-state index >= 15 is 0 Å². The topological polar surface area (TPSA) is 12.0 Å². The lowest BCUT2D eigenvalue weighted by molar-refractivity contribution is 0.395. The van der Waals surface area contributed by atoms with Crippen LogP contribution in [-0.4, -0.2) is 6.04 Å². The van der Waals surface area contributed by atoms with Gasteiger partial charge in [-0.05, 0) is 44.7 Å². The van der Waals surface area contributed by atoms with Crippen LogP contribution >= 0.6 is 0 Å². The maximum atomic E-state index is 3.84. The molecule has 1 heteroatoms. The minimum atomic E-state index is 0.452. The lowest BCUT2D eigenvalue weighted by Gasteiger charge is -2.25. The van der Waals surface area contributed by atoms with Crippen LogP contribution in [0.25, 0.3) is 0 Å². The molecular weight excluding hydrogens is 230 g/mol. The fraction of sp³-hybridized carbons (Fsp3) is 0.667. The summed E-state index contributed by atoms with van der Waals surface area (Å²) in [5, 5.41) is 3.84. The van der Waals surface area contributed by atoms with E-state index < -0.39 is 0 Å². The molecular formula is C18H31N. The Kier molecular flexibility index (Phi) is 7.15. The quantitative estimate of drug-likeness (QED) is 0.668. The van der Waals surface area contributed by atoms with Gasteiger partial charge in [-0.25, -0.2) is 0 Å². The lowest BCUT2D eigenvalue weighted by atomic mass is 9.97. The standard InChI is InChI=1S/C18H31N/c1-6-8-10-17(9-7-2)19-16(5)18-13-14(3)11-12-15(18)4/h11-13,16-17,19H,6-10H2,1-5H3. The van der Waals surface area contributed by atoms with Gasteiger partial charge in [0.25, 0.3) is 0 Å². The largest absolute Gasteiger partial charge is 0.307 e. The first kappa shape index (κ1) is 16.2. The van der Waals surface area contributed by atoms with Gasteiger partial charge in [0.1, 0.15) is 0 Å². The first-order valence-electron chi connectivity index (χ1n) is 7.91. The Balaban J connectivity index is 2.69. The SMILES string of the molecule is CCCCC(CCC)NC(C)c1cc(C)ccc1C. The van der Waals surface area contributed by atoms with Crippen LogP contribution in [0.5, 0.6) is 0 Å². The molecule has 108 valence electrons. The van der Waals surface area contributed by atoms with E-state index in [9.17, 15) is 0 Å². The second-order valence-corrected chi connectivity index (χ2v) is 5.88. The van der Waals surface area contributed by atoms with Crippen LogP contribution in [0.4, 0.5) is 0 Å². The van der Waals surface area contributed by atoms with E-state index in [0.29, 0.717) is 12.1 Å². The summed E-state index contributed by atoms with van der Waals surface area (Å²) in [7, 11) is 0. The number of unbranched alkanes of at least 4 members (excludes halogenated alkanes) is 1. The van der Waals surface area contributed by atoms with Crippen LogP contribution in [0, 0.1) is 13.8 Å². The van der Waals surface area contributed by atoms with E-state index in [1.54, 1.807) is 0 Å². The van der Waals surface area contributed by atoms with Crippen LogP contribution < -0.4 is 5.32 Å². The van der Waals surface area contributed by atoms with E-state index in [2.05, 4.69) is 58.1 Å². The summed E-state index contributed by atoms with van der Waals surface area (Å²) >= 11 is 0. The number of rotatable bonds is 8. The highest BCUT2D eigenvalue weighted by Gasteiger charge is 2.14. The highest BCUT2D eigenvalue weighted by atomic mass is 14.9. The molecule has 0 saturated heterocycles. The molecule has 0 radical (unpaired) electrons. The summed E-state index contributed by atoms with van der Waals surface area (Å²) in [6.07, 6.45) is 6.48. The average molecular weight is 261 g/mol. The van der Waals surface area contributed by atoms with Crippen molar-refractivity contribution in [3.05, 3.63) is 34.9 Å². The second kappa shape index (κ2) is 8.37. The molecule has 1 aromatic carbocycles. The molecule has 0 aromatic heterocycles. The third kappa shape index (κ3) is 5.36. The number of benzene rings is 1. The minimum absolute atomic E-state index is 0.452. The van der Waals surface area contributed by atoms with E-state index in [1.807, 2.05) is 0 Å². The molecule has 0 fully saturated rings. The molecule has 2 unspecified atom stereocenters. The van der Waals surface area contributed by atoms with Crippen molar-refractivity contribution < 1.29 is 0 Å². The summed E-state index contributed by atoms with van der Waals surface area (Å²) in [6, 6.07) is 7.89. The van der Waals surface area contributed by atoms with E-state index in [0.717, 1.165) is 0 Å². The molecule has 0 amide bonds. The first-order valence-corrected chi connectivity index (χ1v) is 7.91. The summed E-state index contributed by atoms with van der Waals surface area (Å²) in [5.41, 5.74) is 4.21. The molecule has 0 bridgehead atoms. The van der Waals surface area contributed by atoms with Crippen molar-refractivity contribution in [3.63, 3.8) is 0 Å². The lowest BCUT2D eigenvalue weighted by Crippen LogP contribution is -2.31. The van der Waals surface area contributed by atoms with Gasteiger partial charge in [-0.3, -0.25) is 0 Å². The summed E-state index contributed by atoms with van der Waals surface area (Å²) < 4.78 is 0. The van der Waals surface area contributed by atoms with Crippen molar-refractivity contribution in [3.8, 4) is 0 Å². The maximum Gasteiger partial charge on any atom is 0.0297 e. The molecule has 0 aliphatic rings. The number of nitrogens with one attached hydrogen (secondary N) is 1. The van der Waals surface area contributed by atoms with Crippen LogP contribution in [0.15, 0.2) is 18.2 Å². The van der Waals surface area contributed by atoms with E-state index in [-0.39, 0.29) is 0 Å². The summed E-state index contributed by atoms with van der Waals surface area (Å²) in [6.45, 7) is 11.3. The summed E-state index contributed by atoms with van der Waals surface area (Å²) in [5.74, 6) is 0. The summed E-state index contributed by atoms with van der Waals surface area (Å²) in [4.78, 5) is 0. The molecule has 1 N–H and O–H groups in total. The van der Waals surface area contributed by atoms with Crippen LogP contribution in [0.3, 0.4) is 0 Å². The second-order valence-electron chi connectivity index (χ2n) is 5.88. The van der Waals surface area contributed by atoms with Gasteiger partial charge in [0.05, 0.1) is 0 Å². The van der Waals surface area contributed by atoms with Crippen LogP contribution in [0.1, 0.15) is 75.6 Å². The van der Waals surface area contributed by atoms with Gasteiger partial charge in [-0.1, -0.05) is 56.9 Å². The highest BCUT2D eigenvalue weighted by Crippen LogP contribution is 2.21. The molecule has 0 heterocycles. The van der Waals surface area contributed by atoms with Gasteiger partial charge in [-0.15, -0.1) is 0 Å². The van der Waals surface area contributed by atoms with Crippen LogP contribution in [-0.2, 0) is 0 Å². The Bertz CT molecular complexity index is 370. The zero-order valence-electron chi connectivity index (χ0n) is 13.4. The normalized spacial score (nSPS) is 14.4. The zero-order valence-corrected chi connectivity index (χ0v) is 13.4. The average Bonchev–Trinajstić information content (AvgIpc) is 2.39. The van der Waals surface area contributed by atoms with Crippen molar-refractivity contribution in [2.24, 2.45) is 0 Å². The van der Waals surface area contributed by atoms with Gasteiger partial charge < -0.3 is 5.32 Å². The molecule has 1 rings (SSSR count). The molecule has 0 spiro atoms. The molecule has 19 heavy (non-hydrogen) atoms. The smallest absolute Gasteiger partial charge is 0.0297 e. The van der Waals surface area contributed by atoms with Crippen molar-refractivity contribution in [2.75, 3.05) is 0 Å². The van der Waals surface area contributed by atoms with Crippen molar-refractivity contribution in [2.45, 2.75) is 78.8 Å². The molecule has 1 nitrogen and oxygen atoms in total. The molecule has 1 aromatic rings. The molecule has 0 aliphatic heterocycles. The van der Waals surface area contributed by atoms with Gasteiger partial charge in [0.2, 0.25) is 0 Å². The van der Waals surface area contributed by atoms with E-state index in [4.69, 9.17) is 0 Å². The Morgan fingerprint density at radius 2 is 1.79 bits per heavy atom. The third-order valence-corrected chi connectivity index (χ3v) is 3.93. The fourth-order valence-corrected chi connectivity index (χ4v) is 2.78. The Morgan fingerprint density at radius 1 is 1.05 bits per heavy atom. The van der Waals surface area contributed by atoms with Gasteiger partial charge in [-0.2, -0.15) is 0 Å². The predicted molar refractivity (Wildman–Crippen MR) is 85.7 cm³/mol. The predicted octanol–water partition coefficient (Wildman–Crippen LogP) is 5.31. The monoisotopic (exact) mass is 261 g/mol. The minimum Gasteiger partial charge on any atom is -0.307 e.